The summed E-state index contributed by atoms with van der Waals surface area (Å²) in [5, 5.41) is 10.4. The van der Waals surface area contributed by atoms with Gasteiger partial charge >= 0.3 is 0 Å². The Bertz CT molecular complexity index is 1070. The number of thiophene rings is 2. The molecule has 0 aliphatic rings. The number of rotatable bonds is 9. The third-order valence-electron chi connectivity index (χ3n) is 4.30. The average Bonchev–Trinajstić information content (AvgIpc) is 3.48. The number of nitrogens with one attached hydrogen (secondary N) is 1. The highest BCUT2D eigenvalue weighted by atomic mass is 32.1. The summed E-state index contributed by atoms with van der Waals surface area (Å²) >= 11 is 4.57. The molecule has 0 amide bonds. The summed E-state index contributed by atoms with van der Waals surface area (Å²) in [5.41, 5.74) is 4.67. The molecule has 1 N–H and O–H groups in total. The molecule has 0 unspecified atom stereocenters. The predicted molar refractivity (Wildman–Crippen MR) is 118 cm³/mol. The fourth-order valence-electron chi connectivity index (χ4n) is 2.88. The van der Waals surface area contributed by atoms with Crippen LogP contribution in [0.2, 0.25) is 0 Å². The monoisotopic (exact) mass is 429 g/mol. The summed E-state index contributed by atoms with van der Waals surface area (Å²) in [7, 11) is 1.65. The maximum atomic E-state index is 8.32. The fourth-order valence-corrected chi connectivity index (χ4v) is 5.22. The molecule has 0 saturated carbocycles. The van der Waals surface area contributed by atoms with Crippen molar-refractivity contribution in [1.82, 2.24) is 8.75 Å². The summed E-state index contributed by atoms with van der Waals surface area (Å²) in [5.74, 6) is 0. The lowest BCUT2D eigenvalue weighted by Crippen LogP contribution is -2.07. The van der Waals surface area contributed by atoms with Crippen molar-refractivity contribution in [3.05, 3.63) is 46.7 Å². The zero-order valence-electron chi connectivity index (χ0n) is 15.3. The molecule has 0 spiro atoms. The molecular weight excluding hydrogens is 410 g/mol. The molecule has 1 aromatic carbocycles. The summed E-state index contributed by atoms with van der Waals surface area (Å²) < 4.78 is 19.5. The smallest absolute Gasteiger partial charge is 0.114 e. The predicted octanol–water partition coefficient (Wildman–Crippen LogP) is 5.57. The van der Waals surface area contributed by atoms with Gasteiger partial charge in [0, 0.05) is 39.3 Å². The van der Waals surface area contributed by atoms with Gasteiger partial charge in [0.15, 0.2) is 0 Å². The zero-order chi connectivity index (χ0) is 19.3. The van der Waals surface area contributed by atoms with Crippen molar-refractivity contribution in [2.75, 3.05) is 26.9 Å². The molecule has 8 heteroatoms. The summed E-state index contributed by atoms with van der Waals surface area (Å²) in [6, 6.07) is 12.5. The van der Waals surface area contributed by atoms with Gasteiger partial charge < -0.3 is 14.9 Å². The zero-order valence-corrected chi connectivity index (χ0v) is 17.8. The van der Waals surface area contributed by atoms with Crippen molar-refractivity contribution in [2.24, 2.45) is 0 Å². The van der Waals surface area contributed by atoms with Gasteiger partial charge in [0.25, 0.3) is 0 Å². The van der Waals surface area contributed by atoms with Gasteiger partial charge in [-0.3, -0.25) is 0 Å². The minimum absolute atomic E-state index is 0.533. The largest absolute Gasteiger partial charge is 0.382 e. The van der Waals surface area contributed by atoms with Crippen LogP contribution in [-0.4, -0.2) is 41.4 Å². The molecule has 0 saturated heterocycles. The first-order valence-corrected chi connectivity index (χ1v) is 11.2. The molecule has 0 aliphatic carbocycles. The van der Waals surface area contributed by atoms with Crippen LogP contribution in [0.25, 0.3) is 31.9 Å². The second kappa shape index (κ2) is 9.02. The lowest BCUT2D eigenvalue weighted by Gasteiger charge is -2.04. The number of ether oxygens (including phenoxy) is 2. The van der Waals surface area contributed by atoms with Crippen molar-refractivity contribution in [3.8, 4) is 20.9 Å². The Labute approximate surface area is 175 Å². The first-order chi connectivity index (χ1) is 13.8. The SMILES string of the molecule is COCCOCCC(=N)c1ccc(-c2ccc(-c3cccs3)c3nsnc23)s1. The molecule has 0 fully saturated rings. The summed E-state index contributed by atoms with van der Waals surface area (Å²) in [6.45, 7) is 1.67. The highest BCUT2D eigenvalue weighted by Gasteiger charge is 2.16. The standard InChI is InChI=1S/C20H19N3O2S3/c1-24-10-11-25-9-8-15(21)18-7-6-17(27-18)14-5-4-13(16-3-2-12-26-16)19-20(14)23-28-22-19/h2-7,12,21H,8-11H2,1H3. The Morgan fingerprint density at radius 2 is 1.75 bits per heavy atom. The van der Waals surface area contributed by atoms with E-state index in [4.69, 9.17) is 14.9 Å². The third kappa shape index (κ3) is 4.06. The highest BCUT2D eigenvalue weighted by Crippen LogP contribution is 2.38. The normalized spacial score (nSPS) is 11.3. The first kappa shape index (κ1) is 19.4. The molecule has 0 radical (unpaired) electrons. The van der Waals surface area contributed by atoms with E-state index in [0.29, 0.717) is 32.0 Å². The van der Waals surface area contributed by atoms with Gasteiger partial charge in [-0.25, -0.2) is 0 Å². The number of nitrogens with zero attached hydrogens (tertiary/aromatic N) is 2. The van der Waals surface area contributed by atoms with Crippen molar-refractivity contribution < 1.29 is 9.47 Å². The number of hydrogen-bond acceptors (Lipinski definition) is 8. The lowest BCUT2D eigenvalue weighted by atomic mass is 10.1. The number of aromatic nitrogens is 2. The Hall–Kier alpha value is -1.97. The van der Waals surface area contributed by atoms with E-state index < -0.39 is 0 Å². The van der Waals surface area contributed by atoms with Crippen molar-refractivity contribution in [1.29, 1.82) is 5.41 Å². The van der Waals surface area contributed by atoms with Gasteiger partial charge in [-0.05, 0) is 23.6 Å². The molecule has 0 atom stereocenters. The second-order valence-corrected chi connectivity index (χ2v) is 8.66. The van der Waals surface area contributed by atoms with Gasteiger partial charge in [-0.2, -0.15) is 8.75 Å². The van der Waals surface area contributed by atoms with E-state index in [0.717, 1.165) is 31.9 Å². The van der Waals surface area contributed by atoms with Crippen LogP contribution in [0.4, 0.5) is 0 Å². The molecule has 3 aromatic heterocycles. The number of methoxy groups -OCH3 is 1. The van der Waals surface area contributed by atoms with E-state index in [1.165, 1.54) is 16.6 Å². The van der Waals surface area contributed by atoms with E-state index in [-0.39, 0.29) is 0 Å². The van der Waals surface area contributed by atoms with Crippen LogP contribution in [0.5, 0.6) is 0 Å². The van der Waals surface area contributed by atoms with E-state index in [2.05, 4.69) is 44.5 Å². The molecule has 4 rings (SSSR count). The van der Waals surface area contributed by atoms with Crippen LogP contribution < -0.4 is 0 Å². The molecule has 0 aliphatic heterocycles. The summed E-state index contributed by atoms with van der Waals surface area (Å²) in [6.07, 6.45) is 0.592. The lowest BCUT2D eigenvalue weighted by molar-refractivity contribution is 0.0743. The van der Waals surface area contributed by atoms with Crippen molar-refractivity contribution in [3.63, 3.8) is 0 Å². The fraction of sp³-hybridized carbons (Fsp3) is 0.250. The maximum Gasteiger partial charge on any atom is 0.114 e. The topological polar surface area (TPSA) is 68.1 Å². The first-order valence-electron chi connectivity index (χ1n) is 8.81. The van der Waals surface area contributed by atoms with Crippen molar-refractivity contribution in [2.45, 2.75) is 6.42 Å². The minimum atomic E-state index is 0.533. The third-order valence-corrected chi connectivity index (χ3v) is 6.91. The van der Waals surface area contributed by atoms with Gasteiger partial charge in [-0.15, -0.1) is 22.7 Å². The van der Waals surface area contributed by atoms with E-state index in [9.17, 15) is 0 Å². The molecule has 28 heavy (non-hydrogen) atoms. The number of fused-ring (bicyclic) bond motifs is 1. The van der Waals surface area contributed by atoms with E-state index in [1.54, 1.807) is 29.8 Å². The van der Waals surface area contributed by atoms with Crippen LogP contribution in [0, 0.1) is 5.41 Å². The second-order valence-electron chi connectivity index (χ2n) is 6.10. The Balaban J connectivity index is 1.54. The minimum Gasteiger partial charge on any atom is -0.382 e. The highest BCUT2D eigenvalue weighted by molar-refractivity contribution is 7.17. The average molecular weight is 430 g/mol. The van der Waals surface area contributed by atoms with Crippen LogP contribution in [0.15, 0.2) is 41.8 Å². The molecule has 3 heterocycles. The number of hydrogen-bond donors (Lipinski definition) is 1. The van der Waals surface area contributed by atoms with Crippen LogP contribution in [0.1, 0.15) is 11.3 Å². The van der Waals surface area contributed by atoms with Crippen LogP contribution >= 0.6 is 34.4 Å². The Morgan fingerprint density at radius 3 is 2.46 bits per heavy atom. The van der Waals surface area contributed by atoms with Gasteiger partial charge in [-0.1, -0.05) is 18.2 Å². The van der Waals surface area contributed by atoms with Crippen molar-refractivity contribution >= 4 is 51.1 Å². The van der Waals surface area contributed by atoms with E-state index in [1.807, 2.05) is 6.07 Å². The molecule has 5 nitrogen and oxygen atoms in total. The van der Waals surface area contributed by atoms with Crippen LogP contribution in [0.3, 0.4) is 0 Å². The summed E-state index contributed by atoms with van der Waals surface area (Å²) in [4.78, 5) is 3.27. The maximum absolute atomic E-state index is 8.32. The van der Waals surface area contributed by atoms with E-state index >= 15 is 0 Å². The molecule has 144 valence electrons. The molecule has 4 aromatic rings. The van der Waals surface area contributed by atoms with Gasteiger partial charge in [0.2, 0.25) is 0 Å². The molecule has 0 bridgehead atoms. The van der Waals surface area contributed by atoms with Gasteiger partial charge in [0.05, 0.1) is 37.3 Å². The van der Waals surface area contributed by atoms with Gasteiger partial charge in [0.1, 0.15) is 11.0 Å². The Kier molecular flexibility index (Phi) is 6.23. The quantitative estimate of drug-likeness (QED) is 0.279. The Morgan fingerprint density at radius 1 is 0.964 bits per heavy atom. The van der Waals surface area contributed by atoms with Crippen LogP contribution in [-0.2, 0) is 9.47 Å². The molecular formula is C20H19N3O2S3. The number of benzene rings is 1.